The van der Waals surface area contributed by atoms with Crippen LogP contribution in [0, 0.1) is 0 Å². The first-order valence-electron chi connectivity index (χ1n) is 7.71. The van der Waals surface area contributed by atoms with Crippen LogP contribution in [-0.2, 0) is 0 Å². The van der Waals surface area contributed by atoms with E-state index in [1.165, 1.54) is 42.2 Å². The number of allylic oxidation sites excluding steroid dienone is 1. The van der Waals surface area contributed by atoms with Crippen molar-refractivity contribution < 1.29 is 0 Å². The Morgan fingerprint density at radius 3 is 2.91 bits per heavy atom. The van der Waals surface area contributed by atoms with Crippen molar-refractivity contribution in [2.75, 3.05) is 5.32 Å². The van der Waals surface area contributed by atoms with Crippen molar-refractivity contribution in [2.24, 2.45) is 0 Å². The molecule has 0 amide bonds. The quantitative estimate of drug-likeness (QED) is 0.670. The molecular formula is C20H13NS. The average molecular weight is 299 g/mol. The molecule has 0 radical (unpaired) electrons. The molecule has 0 spiro atoms. The molecule has 6 rings (SSSR count). The lowest BCUT2D eigenvalue weighted by Crippen LogP contribution is -2.35. The van der Waals surface area contributed by atoms with Crippen LogP contribution in [0.3, 0.4) is 0 Å². The zero-order valence-electron chi connectivity index (χ0n) is 11.8. The number of thiophene rings is 1. The topological polar surface area (TPSA) is 12.0 Å². The molecule has 2 atom stereocenters. The zero-order chi connectivity index (χ0) is 14.3. The van der Waals surface area contributed by atoms with E-state index in [0.717, 1.165) is 0 Å². The fourth-order valence-electron chi connectivity index (χ4n) is 4.26. The molecule has 2 aromatic carbocycles. The highest BCUT2D eigenvalue weighted by Gasteiger charge is 2.38. The molecule has 104 valence electrons. The van der Waals surface area contributed by atoms with Crippen molar-refractivity contribution in [1.82, 2.24) is 0 Å². The number of rotatable bonds is 0. The highest BCUT2D eigenvalue weighted by atomic mass is 32.1. The number of hydrogen-bond acceptors (Lipinski definition) is 2. The van der Waals surface area contributed by atoms with Crippen LogP contribution < -0.4 is 15.1 Å². The maximum absolute atomic E-state index is 3.73. The van der Waals surface area contributed by atoms with E-state index in [1.807, 2.05) is 11.3 Å². The fraction of sp³-hybridized carbons (Fsp3) is 0.100. The van der Waals surface area contributed by atoms with Crippen molar-refractivity contribution >= 4 is 44.8 Å². The Bertz CT molecular complexity index is 1120. The lowest BCUT2D eigenvalue weighted by atomic mass is 9.79. The standard InChI is InChI=1S/C20H13NS/c1-2-7-17-12(5-1)14-10-16-19-13(20(14)22-17)9-8-11-4-3-6-15(21-16)18(11)19/h1-10,16,19,21H. The molecule has 2 unspecified atom stereocenters. The van der Waals surface area contributed by atoms with Crippen LogP contribution in [0.15, 0.2) is 48.5 Å². The Morgan fingerprint density at radius 1 is 0.955 bits per heavy atom. The molecule has 2 heteroatoms. The fourth-order valence-corrected chi connectivity index (χ4v) is 5.51. The van der Waals surface area contributed by atoms with Gasteiger partial charge in [-0.05, 0) is 34.1 Å². The van der Waals surface area contributed by atoms with Gasteiger partial charge in [0, 0.05) is 26.2 Å². The van der Waals surface area contributed by atoms with E-state index in [-0.39, 0.29) is 0 Å². The van der Waals surface area contributed by atoms with E-state index in [2.05, 4.69) is 66.0 Å². The summed E-state index contributed by atoms with van der Waals surface area (Å²) in [5.74, 6) is 0.483. The molecule has 1 N–H and O–H groups in total. The van der Waals surface area contributed by atoms with Gasteiger partial charge in [-0.2, -0.15) is 0 Å². The SMILES string of the molecule is C1=Cc2cccc3c2C2C1=c1sc4ccccc4c1=CC2N3. The van der Waals surface area contributed by atoms with Gasteiger partial charge in [0.1, 0.15) is 0 Å². The summed E-state index contributed by atoms with van der Waals surface area (Å²) in [4.78, 5) is 0. The number of nitrogens with one attached hydrogen (secondary N) is 1. The number of hydrogen-bond donors (Lipinski definition) is 1. The zero-order valence-corrected chi connectivity index (χ0v) is 12.7. The first-order chi connectivity index (χ1) is 10.9. The maximum atomic E-state index is 3.73. The number of anilines is 1. The van der Waals surface area contributed by atoms with E-state index in [9.17, 15) is 0 Å². The van der Waals surface area contributed by atoms with Gasteiger partial charge >= 0.3 is 0 Å². The Morgan fingerprint density at radius 2 is 1.91 bits per heavy atom. The van der Waals surface area contributed by atoms with Crippen molar-refractivity contribution in [3.05, 3.63) is 69.4 Å². The molecular weight excluding hydrogens is 286 g/mol. The van der Waals surface area contributed by atoms with E-state index >= 15 is 0 Å². The molecule has 0 bridgehead atoms. The molecule has 1 aromatic heterocycles. The molecule has 2 aliphatic carbocycles. The summed E-state index contributed by atoms with van der Waals surface area (Å²) in [7, 11) is 0. The van der Waals surface area contributed by atoms with Gasteiger partial charge in [-0.25, -0.2) is 0 Å². The van der Waals surface area contributed by atoms with Crippen LogP contribution in [-0.4, -0.2) is 6.04 Å². The lowest BCUT2D eigenvalue weighted by Gasteiger charge is -2.25. The highest BCUT2D eigenvalue weighted by Crippen LogP contribution is 2.47. The van der Waals surface area contributed by atoms with Gasteiger partial charge < -0.3 is 5.32 Å². The van der Waals surface area contributed by atoms with E-state index in [0.29, 0.717) is 12.0 Å². The van der Waals surface area contributed by atoms with Gasteiger partial charge in [0.05, 0.1) is 6.04 Å². The van der Waals surface area contributed by atoms with Crippen LogP contribution >= 0.6 is 11.3 Å². The van der Waals surface area contributed by atoms with Crippen LogP contribution in [0.25, 0.3) is 27.8 Å². The van der Waals surface area contributed by atoms with Crippen LogP contribution in [0.5, 0.6) is 0 Å². The normalized spacial score (nSPS) is 23.0. The Labute approximate surface area is 131 Å². The molecule has 0 saturated carbocycles. The molecule has 2 heterocycles. The number of fused-ring (bicyclic) bond motifs is 3. The minimum absolute atomic E-state index is 0.390. The van der Waals surface area contributed by atoms with Crippen molar-refractivity contribution in [2.45, 2.75) is 12.0 Å². The summed E-state index contributed by atoms with van der Waals surface area (Å²) in [5.41, 5.74) is 5.67. The van der Waals surface area contributed by atoms with E-state index in [4.69, 9.17) is 0 Å². The maximum Gasteiger partial charge on any atom is 0.0564 e. The van der Waals surface area contributed by atoms with Gasteiger partial charge in [0.15, 0.2) is 0 Å². The summed E-state index contributed by atoms with van der Waals surface area (Å²) in [5, 5.41) is 6.55. The van der Waals surface area contributed by atoms with Crippen molar-refractivity contribution in [1.29, 1.82) is 0 Å². The minimum Gasteiger partial charge on any atom is -0.378 e. The molecule has 1 aliphatic heterocycles. The van der Waals surface area contributed by atoms with Gasteiger partial charge in [-0.15, -0.1) is 11.3 Å². The summed E-state index contributed by atoms with van der Waals surface area (Å²) in [6, 6.07) is 15.8. The smallest absolute Gasteiger partial charge is 0.0564 e. The number of benzene rings is 2. The molecule has 0 saturated heterocycles. The van der Waals surface area contributed by atoms with Crippen molar-refractivity contribution in [3.63, 3.8) is 0 Å². The summed E-state index contributed by atoms with van der Waals surface area (Å²) in [6.07, 6.45) is 7.08. The molecule has 0 fully saturated rings. The Hall–Kier alpha value is -2.32. The average Bonchev–Trinajstić information content (AvgIpc) is 3.11. The third kappa shape index (κ3) is 1.21. The minimum atomic E-state index is 0.390. The second-order valence-corrected chi connectivity index (χ2v) is 7.30. The van der Waals surface area contributed by atoms with Crippen molar-refractivity contribution in [3.8, 4) is 0 Å². The van der Waals surface area contributed by atoms with Crippen LogP contribution in [0.1, 0.15) is 17.0 Å². The molecule has 22 heavy (non-hydrogen) atoms. The van der Waals surface area contributed by atoms with Gasteiger partial charge in [0.25, 0.3) is 0 Å². The Kier molecular flexibility index (Phi) is 1.90. The monoisotopic (exact) mass is 299 g/mol. The Balaban J connectivity index is 1.82. The molecule has 3 aliphatic rings. The van der Waals surface area contributed by atoms with Crippen LogP contribution in [0.2, 0.25) is 0 Å². The molecule has 1 nitrogen and oxygen atoms in total. The summed E-state index contributed by atoms with van der Waals surface area (Å²) >= 11 is 1.94. The third-order valence-corrected chi connectivity index (χ3v) is 6.39. The lowest BCUT2D eigenvalue weighted by molar-refractivity contribution is 0.851. The predicted octanol–water partition coefficient (Wildman–Crippen LogP) is 3.45. The second-order valence-electron chi connectivity index (χ2n) is 6.25. The molecule has 3 aromatic rings. The first-order valence-corrected chi connectivity index (χ1v) is 8.53. The van der Waals surface area contributed by atoms with Gasteiger partial charge in [-0.1, -0.05) is 48.6 Å². The van der Waals surface area contributed by atoms with Gasteiger partial charge in [0.2, 0.25) is 0 Å². The summed E-state index contributed by atoms with van der Waals surface area (Å²) < 4.78 is 2.85. The summed E-state index contributed by atoms with van der Waals surface area (Å²) in [6.45, 7) is 0. The van der Waals surface area contributed by atoms with E-state index in [1.54, 1.807) is 0 Å². The first kappa shape index (κ1) is 11.3. The van der Waals surface area contributed by atoms with Gasteiger partial charge in [-0.3, -0.25) is 0 Å². The van der Waals surface area contributed by atoms with Crippen LogP contribution in [0.4, 0.5) is 5.69 Å². The third-order valence-electron chi connectivity index (χ3n) is 5.15. The predicted molar refractivity (Wildman–Crippen MR) is 94.6 cm³/mol. The van der Waals surface area contributed by atoms with E-state index < -0.39 is 0 Å². The second kappa shape index (κ2) is 3.71. The highest BCUT2D eigenvalue weighted by molar-refractivity contribution is 7.17. The largest absolute Gasteiger partial charge is 0.378 e.